The number of nitrogens with zero attached hydrogens (tertiary/aromatic N) is 5. The number of rotatable bonds is 3. The van der Waals surface area contributed by atoms with Gasteiger partial charge in [-0.1, -0.05) is 11.6 Å². The Kier molecular flexibility index (Phi) is 3.98. The maximum Gasteiger partial charge on any atom is 0.227 e. The molecule has 1 fully saturated rings. The van der Waals surface area contributed by atoms with E-state index in [1.807, 2.05) is 42.1 Å². The molecule has 24 heavy (non-hydrogen) atoms. The molecule has 1 aliphatic rings. The number of piperidine rings is 1. The number of hydrogen-bond donors (Lipinski definition) is 0. The molecule has 0 aliphatic carbocycles. The summed E-state index contributed by atoms with van der Waals surface area (Å²) in [7, 11) is 1.94. The number of ether oxygens (including phenoxy) is 1. The Labute approximate surface area is 145 Å². The fourth-order valence-electron chi connectivity index (χ4n) is 2.94. The highest BCUT2D eigenvalue weighted by Crippen LogP contribution is 2.23. The summed E-state index contributed by atoms with van der Waals surface area (Å²) in [6.45, 7) is 1.74. The summed E-state index contributed by atoms with van der Waals surface area (Å²) in [5, 5.41) is 0.722. The minimum atomic E-state index is 0.209. The lowest BCUT2D eigenvalue weighted by Gasteiger charge is -2.32. The Morgan fingerprint density at radius 1 is 1.12 bits per heavy atom. The van der Waals surface area contributed by atoms with Crippen LogP contribution in [0.1, 0.15) is 12.8 Å². The van der Waals surface area contributed by atoms with E-state index < -0.39 is 0 Å². The zero-order valence-corrected chi connectivity index (χ0v) is 14.1. The van der Waals surface area contributed by atoms with Crippen LogP contribution >= 0.6 is 11.6 Å². The zero-order chi connectivity index (χ0) is 16.5. The second kappa shape index (κ2) is 6.28. The molecule has 0 spiro atoms. The molecule has 0 N–H and O–H groups in total. The third kappa shape index (κ3) is 3.01. The predicted molar refractivity (Wildman–Crippen MR) is 93.6 cm³/mol. The smallest absolute Gasteiger partial charge is 0.227 e. The molecule has 1 aromatic carbocycles. The molecule has 3 aromatic rings. The van der Waals surface area contributed by atoms with Gasteiger partial charge < -0.3 is 14.2 Å². The topological polar surface area (TPSA) is 56.1 Å². The monoisotopic (exact) mass is 343 g/mol. The van der Waals surface area contributed by atoms with Gasteiger partial charge in [-0.2, -0.15) is 4.98 Å². The van der Waals surface area contributed by atoms with Crippen molar-refractivity contribution < 1.29 is 4.74 Å². The molecule has 0 atom stereocenters. The van der Waals surface area contributed by atoms with Gasteiger partial charge in [0.25, 0.3) is 0 Å². The molecule has 3 heterocycles. The first kappa shape index (κ1) is 15.2. The van der Waals surface area contributed by atoms with E-state index in [1.165, 1.54) is 0 Å². The van der Waals surface area contributed by atoms with Crippen LogP contribution in [0.3, 0.4) is 0 Å². The van der Waals surface area contributed by atoms with Crippen LogP contribution in [0.5, 0.6) is 5.75 Å². The van der Waals surface area contributed by atoms with Crippen molar-refractivity contribution in [3.05, 3.63) is 41.8 Å². The van der Waals surface area contributed by atoms with E-state index in [0.717, 1.165) is 53.8 Å². The second-order valence-corrected chi connectivity index (χ2v) is 6.43. The maximum atomic E-state index is 6.03. The van der Waals surface area contributed by atoms with E-state index in [-0.39, 0.29) is 6.10 Å². The largest absolute Gasteiger partial charge is 0.490 e. The molecule has 0 saturated carbocycles. The Morgan fingerprint density at radius 2 is 1.88 bits per heavy atom. The molecule has 1 aliphatic heterocycles. The lowest BCUT2D eigenvalue weighted by molar-refractivity contribution is 0.170. The van der Waals surface area contributed by atoms with Crippen molar-refractivity contribution >= 4 is 28.7 Å². The summed E-state index contributed by atoms with van der Waals surface area (Å²) in [5.74, 6) is 1.61. The van der Waals surface area contributed by atoms with Crippen LogP contribution in [0.15, 0.2) is 36.8 Å². The molecule has 0 radical (unpaired) electrons. The van der Waals surface area contributed by atoms with E-state index in [2.05, 4.69) is 19.9 Å². The average Bonchev–Trinajstić information content (AvgIpc) is 2.98. The number of anilines is 1. The van der Waals surface area contributed by atoms with Crippen molar-refractivity contribution in [2.75, 3.05) is 18.0 Å². The van der Waals surface area contributed by atoms with Crippen molar-refractivity contribution in [3.63, 3.8) is 0 Å². The SMILES string of the molecule is Cn1cnc2nc(N3CCC(Oc4ccc(Cl)cc4)CC3)ncc21. The van der Waals surface area contributed by atoms with Crippen molar-refractivity contribution in [2.45, 2.75) is 18.9 Å². The molecular formula is C17H18ClN5O. The minimum absolute atomic E-state index is 0.209. The van der Waals surface area contributed by atoms with Gasteiger partial charge >= 0.3 is 0 Å². The van der Waals surface area contributed by atoms with Gasteiger partial charge in [-0.3, -0.25) is 0 Å². The quantitative estimate of drug-likeness (QED) is 0.731. The second-order valence-electron chi connectivity index (χ2n) is 5.99. The molecule has 1 saturated heterocycles. The first-order chi connectivity index (χ1) is 11.7. The first-order valence-corrected chi connectivity index (χ1v) is 8.38. The van der Waals surface area contributed by atoms with Crippen LogP contribution in [-0.4, -0.2) is 38.7 Å². The van der Waals surface area contributed by atoms with Crippen molar-refractivity contribution in [2.24, 2.45) is 7.05 Å². The van der Waals surface area contributed by atoms with Crippen LogP contribution in [0.2, 0.25) is 5.02 Å². The number of aryl methyl sites for hydroxylation is 1. The third-order valence-electron chi connectivity index (χ3n) is 4.31. The number of halogens is 1. The van der Waals surface area contributed by atoms with E-state index in [1.54, 1.807) is 6.33 Å². The molecule has 124 valence electrons. The highest BCUT2D eigenvalue weighted by atomic mass is 35.5. The lowest BCUT2D eigenvalue weighted by atomic mass is 10.1. The molecule has 0 bridgehead atoms. The molecule has 0 amide bonds. The standard InChI is InChI=1S/C17H18ClN5O/c1-22-11-20-16-15(22)10-19-17(21-16)23-8-6-14(7-9-23)24-13-4-2-12(18)3-5-13/h2-5,10-11,14H,6-9H2,1H3. The van der Waals surface area contributed by atoms with E-state index in [4.69, 9.17) is 16.3 Å². The molecular weight excluding hydrogens is 326 g/mol. The number of fused-ring (bicyclic) bond motifs is 1. The number of aromatic nitrogens is 4. The Morgan fingerprint density at radius 3 is 2.62 bits per heavy atom. The predicted octanol–water partition coefficient (Wildman–Crippen LogP) is 3.06. The van der Waals surface area contributed by atoms with E-state index >= 15 is 0 Å². The number of hydrogen-bond acceptors (Lipinski definition) is 5. The molecule has 2 aromatic heterocycles. The molecule has 0 unspecified atom stereocenters. The van der Waals surface area contributed by atoms with Gasteiger partial charge in [0.15, 0.2) is 5.65 Å². The lowest BCUT2D eigenvalue weighted by Crippen LogP contribution is -2.39. The summed E-state index contributed by atoms with van der Waals surface area (Å²) < 4.78 is 7.95. The van der Waals surface area contributed by atoms with Crippen LogP contribution in [0.25, 0.3) is 11.2 Å². The maximum absolute atomic E-state index is 6.03. The van der Waals surface area contributed by atoms with Crippen LogP contribution in [0, 0.1) is 0 Å². The number of imidazole rings is 1. The van der Waals surface area contributed by atoms with Gasteiger partial charge in [-0.15, -0.1) is 0 Å². The van der Waals surface area contributed by atoms with Gasteiger partial charge in [0.1, 0.15) is 17.4 Å². The molecule has 7 heteroatoms. The Hall–Kier alpha value is -2.34. The van der Waals surface area contributed by atoms with Gasteiger partial charge in [0.05, 0.1) is 12.5 Å². The van der Waals surface area contributed by atoms with Crippen LogP contribution in [0.4, 0.5) is 5.95 Å². The summed E-state index contributed by atoms with van der Waals surface area (Å²) in [6, 6.07) is 7.52. The van der Waals surface area contributed by atoms with Crippen molar-refractivity contribution in [1.29, 1.82) is 0 Å². The first-order valence-electron chi connectivity index (χ1n) is 8.00. The summed E-state index contributed by atoms with van der Waals surface area (Å²) >= 11 is 5.90. The fourth-order valence-corrected chi connectivity index (χ4v) is 3.06. The van der Waals surface area contributed by atoms with Crippen molar-refractivity contribution in [1.82, 2.24) is 19.5 Å². The van der Waals surface area contributed by atoms with Gasteiger partial charge in [-0.05, 0) is 24.3 Å². The normalized spacial score (nSPS) is 15.8. The van der Waals surface area contributed by atoms with Gasteiger partial charge in [0, 0.05) is 38.0 Å². The van der Waals surface area contributed by atoms with Crippen molar-refractivity contribution in [3.8, 4) is 5.75 Å². The fraction of sp³-hybridized carbons (Fsp3) is 0.353. The molecule has 6 nitrogen and oxygen atoms in total. The average molecular weight is 344 g/mol. The Balaban J connectivity index is 1.40. The summed E-state index contributed by atoms with van der Waals surface area (Å²) in [6.07, 6.45) is 5.68. The summed E-state index contributed by atoms with van der Waals surface area (Å²) in [5.41, 5.74) is 1.68. The van der Waals surface area contributed by atoms with Crippen LogP contribution < -0.4 is 9.64 Å². The van der Waals surface area contributed by atoms with Crippen LogP contribution in [-0.2, 0) is 7.05 Å². The third-order valence-corrected chi connectivity index (χ3v) is 4.56. The number of benzene rings is 1. The zero-order valence-electron chi connectivity index (χ0n) is 13.4. The highest BCUT2D eigenvalue weighted by Gasteiger charge is 2.22. The van der Waals surface area contributed by atoms with E-state index in [9.17, 15) is 0 Å². The summed E-state index contributed by atoms with van der Waals surface area (Å²) in [4.78, 5) is 15.5. The Bertz CT molecular complexity index is 840. The van der Waals surface area contributed by atoms with Gasteiger partial charge in [-0.25, -0.2) is 9.97 Å². The highest BCUT2D eigenvalue weighted by molar-refractivity contribution is 6.30. The van der Waals surface area contributed by atoms with E-state index in [0.29, 0.717) is 0 Å². The minimum Gasteiger partial charge on any atom is -0.490 e. The molecule has 4 rings (SSSR count). The van der Waals surface area contributed by atoms with Gasteiger partial charge in [0.2, 0.25) is 5.95 Å².